The van der Waals surface area contributed by atoms with E-state index < -0.39 is 11.2 Å². The van der Waals surface area contributed by atoms with Crippen LogP contribution in [0.3, 0.4) is 0 Å². The quantitative estimate of drug-likeness (QED) is 0.559. The van der Waals surface area contributed by atoms with Gasteiger partial charge in [-0.05, 0) is 12.3 Å². The number of H-pyrrole nitrogens is 1. The molecule has 0 unspecified atom stereocenters. The second-order valence-corrected chi connectivity index (χ2v) is 7.76. The summed E-state index contributed by atoms with van der Waals surface area (Å²) < 4.78 is 7.35. The van der Waals surface area contributed by atoms with Crippen molar-refractivity contribution in [3.8, 4) is 11.3 Å². The van der Waals surface area contributed by atoms with Crippen LogP contribution in [-0.2, 0) is 13.1 Å². The Labute approximate surface area is 175 Å². The fourth-order valence-electron chi connectivity index (χ4n) is 3.33. The van der Waals surface area contributed by atoms with Crippen LogP contribution in [0, 0.1) is 5.92 Å². The Morgan fingerprint density at radius 1 is 1.23 bits per heavy atom. The number of nitrogens with two attached hydrogens (primary N) is 1. The topological polar surface area (TPSA) is 110 Å². The molecule has 0 atom stereocenters. The summed E-state index contributed by atoms with van der Waals surface area (Å²) in [6.07, 6.45) is 3.48. The van der Waals surface area contributed by atoms with E-state index in [1.807, 2.05) is 49.1 Å². The van der Waals surface area contributed by atoms with E-state index in [1.165, 1.54) is 4.57 Å². The molecular formula is C22H29N5O3. The van der Waals surface area contributed by atoms with Crippen LogP contribution in [0.1, 0.15) is 39.5 Å². The third kappa shape index (κ3) is 4.82. The second-order valence-electron chi connectivity index (χ2n) is 7.76. The van der Waals surface area contributed by atoms with E-state index in [0.29, 0.717) is 24.7 Å². The van der Waals surface area contributed by atoms with E-state index in [-0.39, 0.29) is 24.0 Å². The second kappa shape index (κ2) is 9.47. The van der Waals surface area contributed by atoms with Crippen LogP contribution < -0.4 is 21.9 Å². The van der Waals surface area contributed by atoms with Crippen molar-refractivity contribution in [1.29, 1.82) is 0 Å². The van der Waals surface area contributed by atoms with Gasteiger partial charge in [0, 0.05) is 18.7 Å². The molecule has 0 amide bonds. The van der Waals surface area contributed by atoms with Gasteiger partial charge in [-0.15, -0.1) is 0 Å². The van der Waals surface area contributed by atoms with E-state index in [0.717, 1.165) is 18.4 Å². The maximum absolute atomic E-state index is 12.7. The van der Waals surface area contributed by atoms with Gasteiger partial charge in [-0.25, -0.2) is 9.78 Å². The molecular weight excluding hydrogens is 382 g/mol. The molecule has 0 radical (unpaired) electrons. The zero-order valence-corrected chi connectivity index (χ0v) is 17.7. The fourth-order valence-corrected chi connectivity index (χ4v) is 3.33. The number of nitrogen functional groups attached to an aromatic ring is 1. The van der Waals surface area contributed by atoms with Gasteiger partial charge in [0.25, 0.3) is 5.56 Å². The molecule has 0 spiro atoms. The van der Waals surface area contributed by atoms with Gasteiger partial charge < -0.3 is 15.1 Å². The molecule has 2 aromatic heterocycles. The summed E-state index contributed by atoms with van der Waals surface area (Å²) in [7, 11) is 0. The average Bonchev–Trinajstić information content (AvgIpc) is 3.18. The number of rotatable bonds is 9. The van der Waals surface area contributed by atoms with Crippen molar-refractivity contribution in [2.24, 2.45) is 5.92 Å². The molecule has 0 aliphatic heterocycles. The fraction of sp³-hybridized carbons (Fsp3) is 0.409. The number of anilines is 2. The Morgan fingerprint density at radius 2 is 1.97 bits per heavy atom. The number of aromatic nitrogens is 3. The first kappa shape index (κ1) is 21.4. The van der Waals surface area contributed by atoms with Crippen molar-refractivity contribution in [3.63, 3.8) is 0 Å². The Balaban J connectivity index is 1.96. The van der Waals surface area contributed by atoms with Gasteiger partial charge in [0.15, 0.2) is 5.76 Å². The van der Waals surface area contributed by atoms with E-state index in [2.05, 4.69) is 16.9 Å². The summed E-state index contributed by atoms with van der Waals surface area (Å²) in [5.41, 5.74) is 6.53. The minimum Gasteiger partial charge on any atom is -0.439 e. The average molecular weight is 412 g/mol. The number of hydrogen-bond acceptors (Lipinski definition) is 6. The number of nitrogens with one attached hydrogen (secondary N) is 1. The molecule has 8 heteroatoms. The van der Waals surface area contributed by atoms with Gasteiger partial charge in [-0.2, -0.15) is 0 Å². The molecule has 0 saturated carbocycles. The van der Waals surface area contributed by atoms with Crippen molar-refractivity contribution in [2.75, 3.05) is 17.2 Å². The van der Waals surface area contributed by atoms with Crippen LogP contribution in [0.15, 0.2) is 50.5 Å². The highest BCUT2D eigenvalue weighted by molar-refractivity contribution is 5.62. The van der Waals surface area contributed by atoms with Crippen LogP contribution in [0.5, 0.6) is 0 Å². The van der Waals surface area contributed by atoms with E-state index in [9.17, 15) is 9.59 Å². The zero-order valence-electron chi connectivity index (χ0n) is 17.7. The molecule has 0 saturated heterocycles. The number of hydrogen-bond donors (Lipinski definition) is 2. The summed E-state index contributed by atoms with van der Waals surface area (Å²) >= 11 is 0. The van der Waals surface area contributed by atoms with Crippen LogP contribution in [0.2, 0.25) is 0 Å². The van der Waals surface area contributed by atoms with Crippen molar-refractivity contribution >= 4 is 11.5 Å². The molecule has 8 nitrogen and oxygen atoms in total. The Hall–Kier alpha value is -3.29. The number of nitrogens with zero attached hydrogens (tertiary/aromatic N) is 3. The molecule has 0 aliphatic rings. The van der Waals surface area contributed by atoms with Gasteiger partial charge in [0.05, 0.1) is 12.7 Å². The largest absolute Gasteiger partial charge is 0.439 e. The van der Waals surface area contributed by atoms with Gasteiger partial charge in [0.2, 0.25) is 5.89 Å². The highest BCUT2D eigenvalue weighted by Gasteiger charge is 2.21. The van der Waals surface area contributed by atoms with Gasteiger partial charge >= 0.3 is 5.69 Å². The van der Waals surface area contributed by atoms with Crippen molar-refractivity contribution in [3.05, 3.63) is 63.3 Å². The summed E-state index contributed by atoms with van der Waals surface area (Å²) in [6.45, 7) is 7.34. The number of benzene rings is 1. The highest BCUT2D eigenvalue weighted by Crippen LogP contribution is 2.24. The number of unbranched alkanes of at least 4 members (excludes halogenated alkanes) is 1. The normalized spacial score (nSPS) is 11.2. The lowest BCUT2D eigenvalue weighted by atomic mass is 10.2. The lowest BCUT2D eigenvalue weighted by Gasteiger charge is -2.25. The molecule has 30 heavy (non-hydrogen) atoms. The smallest absolute Gasteiger partial charge is 0.330 e. The van der Waals surface area contributed by atoms with Gasteiger partial charge in [-0.3, -0.25) is 14.3 Å². The molecule has 3 rings (SSSR count). The van der Waals surface area contributed by atoms with Crippen LogP contribution in [0.25, 0.3) is 11.3 Å². The minimum absolute atomic E-state index is 0.170. The maximum Gasteiger partial charge on any atom is 0.330 e. The van der Waals surface area contributed by atoms with E-state index in [4.69, 9.17) is 10.2 Å². The van der Waals surface area contributed by atoms with Crippen LogP contribution in [-0.4, -0.2) is 21.1 Å². The van der Waals surface area contributed by atoms with Crippen LogP contribution in [0.4, 0.5) is 11.5 Å². The third-order valence-corrected chi connectivity index (χ3v) is 4.80. The molecule has 0 bridgehead atoms. The molecule has 3 aromatic rings. The highest BCUT2D eigenvalue weighted by atomic mass is 16.4. The number of oxazole rings is 1. The molecule has 2 heterocycles. The third-order valence-electron chi connectivity index (χ3n) is 4.80. The maximum atomic E-state index is 12.7. The monoisotopic (exact) mass is 411 g/mol. The van der Waals surface area contributed by atoms with E-state index >= 15 is 0 Å². The van der Waals surface area contributed by atoms with Crippen molar-refractivity contribution in [2.45, 2.75) is 46.7 Å². The SMILES string of the molecule is CCCCN(Cc1ncc(-c2ccccc2)o1)c1c(N)n(CC(C)C)c(=O)[nH]c1=O. The zero-order chi connectivity index (χ0) is 21.7. The lowest BCUT2D eigenvalue weighted by Crippen LogP contribution is -2.39. The number of aromatic amines is 1. The molecule has 160 valence electrons. The van der Waals surface area contributed by atoms with Gasteiger partial charge in [0.1, 0.15) is 11.5 Å². The Kier molecular flexibility index (Phi) is 6.76. The van der Waals surface area contributed by atoms with Gasteiger partial charge in [-0.1, -0.05) is 57.5 Å². The Morgan fingerprint density at radius 3 is 2.63 bits per heavy atom. The predicted octanol–water partition coefficient (Wildman–Crippen LogP) is 3.24. The van der Waals surface area contributed by atoms with Crippen molar-refractivity contribution in [1.82, 2.24) is 14.5 Å². The van der Waals surface area contributed by atoms with E-state index in [1.54, 1.807) is 6.20 Å². The summed E-state index contributed by atoms with van der Waals surface area (Å²) in [5.74, 6) is 1.51. The van der Waals surface area contributed by atoms with Crippen molar-refractivity contribution < 1.29 is 4.42 Å². The summed E-state index contributed by atoms with van der Waals surface area (Å²) in [4.78, 5) is 33.6. The van der Waals surface area contributed by atoms with Crippen LogP contribution >= 0.6 is 0 Å². The first-order valence-corrected chi connectivity index (χ1v) is 10.3. The minimum atomic E-state index is -0.497. The molecule has 0 fully saturated rings. The predicted molar refractivity (Wildman–Crippen MR) is 118 cm³/mol. The molecule has 1 aromatic carbocycles. The molecule has 0 aliphatic carbocycles. The Bertz CT molecular complexity index is 1080. The lowest BCUT2D eigenvalue weighted by molar-refractivity contribution is 0.491. The standard InChI is InChI=1S/C22H29N5O3/c1-4-5-11-26(14-18-24-12-17(30-18)16-9-7-6-8-10-16)19-20(23)27(13-15(2)3)22(29)25-21(19)28/h6-10,12,15H,4-5,11,13-14,23H2,1-3H3,(H,25,28,29). The molecule has 3 N–H and O–H groups in total. The summed E-state index contributed by atoms with van der Waals surface area (Å²) in [6, 6.07) is 9.70. The summed E-state index contributed by atoms with van der Waals surface area (Å²) in [5, 5.41) is 0. The first-order valence-electron chi connectivity index (χ1n) is 10.3. The first-order chi connectivity index (χ1) is 14.4.